The fourth-order valence-corrected chi connectivity index (χ4v) is 5.24. The zero-order valence-corrected chi connectivity index (χ0v) is 22.2. The number of rotatable bonds is 5. The van der Waals surface area contributed by atoms with Gasteiger partial charge in [-0.05, 0) is 51.0 Å². The quantitative estimate of drug-likeness (QED) is 0.357. The Labute approximate surface area is 223 Å². The van der Waals surface area contributed by atoms with Crippen LogP contribution in [0.15, 0.2) is 36.7 Å². The second-order valence-electron chi connectivity index (χ2n) is 9.21. The summed E-state index contributed by atoms with van der Waals surface area (Å²) in [5.41, 5.74) is 2.62. The molecule has 1 fully saturated rings. The molecular weight excluding hydrogens is 510 g/mol. The fraction of sp³-hybridized carbons (Fsp3) is 0.308. The summed E-state index contributed by atoms with van der Waals surface area (Å²) in [7, 11) is 1.57. The number of benzene rings is 1. The number of hydrogen-bond donors (Lipinski definition) is 1. The molecule has 1 N–H and O–H groups in total. The number of nitriles is 1. The van der Waals surface area contributed by atoms with Gasteiger partial charge in [-0.25, -0.2) is 9.97 Å². The third-order valence-electron chi connectivity index (χ3n) is 6.53. The standard InChI is InChI=1S/C26H24ClN7O2S/c1-15-10-17(18-11-16(27)4-5-20(18)36-3)19(12-29-15)23(35)33-25-32-22-24(37-25)31-21(13-30-22)34-8-6-26(2,14-28)7-9-34/h4-5,10-13H,6-9H2,1-3H3,(H,30,32,33,35). The lowest BCUT2D eigenvalue weighted by atomic mass is 9.82. The van der Waals surface area contributed by atoms with E-state index in [2.05, 4.69) is 31.2 Å². The van der Waals surface area contributed by atoms with E-state index in [-0.39, 0.29) is 11.3 Å². The molecular formula is C26H24ClN7O2S. The minimum Gasteiger partial charge on any atom is -0.496 e. The molecule has 0 aliphatic carbocycles. The normalized spacial score (nSPS) is 14.8. The maximum Gasteiger partial charge on any atom is 0.259 e. The van der Waals surface area contributed by atoms with E-state index in [9.17, 15) is 10.1 Å². The van der Waals surface area contributed by atoms with Crippen molar-refractivity contribution in [2.24, 2.45) is 5.41 Å². The number of ether oxygens (including phenoxy) is 1. The summed E-state index contributed by atoms with van der Waals surface area (Å²) in [5.74, 6) is 0.973. The van der Waals surface area contributed by atoms with Gasteiger partial charge in [0.2, 0.25) is 0 Å². The van der Waals surface area contributed by atoms with Crippen LogP contribution in [0.2, 0.25) is 5.02 Å². The lowest BCUT2D eigenvalue weighted by Crippen LogP contribution is -2.38. The van der Waals surface area contributed by atoms with Crippen LogP contribution in [0.5, 0.6) is 5.75 Å². The van der Waals surface area contributed by atoms with Gasteiger partial charge in [-0.2, -0.15) is 10.2 Å². The summed E-state index contributed by atoms with van der Waals surface area (Å²) in [6.07, 6.45) is 4.78. The molecule has 1 aliphatic heterocycles. The summed E-state index contributed by atoms with van der Waals surface area (Å²) >= 11 is 7.50. The summed E-state index contributed by atoms with van der Waals surface area (Å²) in [6.45, 7) is 5.33. The number of anilines is 2. The van der Waals surface area contributed by atoms with Gasteiger partial charge in [-0.1, -0.05) is 22.9 Å². The van der Waals surface area contributed by atoms with E-state index in [1.165, 1.54) is 17.5 Å². The lowest BCUT2D eigenvalue weighted by molar-refractivity contribution is 0.102. The maximum absolute atomic E-state index is 13.4. The average molecular weight is 534 g/mol. The van der Waals surface area contributed by atoms with Gasteiger partial charge in [0, 0.05) is 41.1 Å². The van der Waals surface area contributed by atoms with Crippen molar-refractivity contribution in [3.63, 3.8) is 0 Å². The number of amides is 1. The van der Waals surface area contributed by atoms with Crippen molar-refractivity contribution in [3.05, 3.63) is 52.9 Å². The van der Waals surface area contributed by atoms with Gasteiger partial charge in [0.1, 0.15) is 11.6 Å². The Hall–Kier alpha value is -3.81. The topological polar surface area (TPSA) is 117 Å². The van der Waals surface area contributed by atoms with Crippen LogP contribution in [-0.4, -0.2) is 46.0 Å². The first kappa shape index (κ1) is 24.9. The van der Waals surface area contributed by atoms with Crippen molar-refractivity contribution in [1.29, 1.82) is 5.26 Å². The second kappa shape index (κ2) is 9.92. The highest BCUT2D eigenvalue weighted by Crippen LogP contribution is 2.36. The molecule has 1 amide bonds. The molecule has 188 valence electrons. The van der Waals surface area contributed by atoms with E-state index in [1.54, 1.807) is 31.5 Å². The number of nitrogens with zero attached hydrogens (tertiary/aromatic N) is 6. The third-order valence-corrected chi connectivity index (χ3v) is 7.62. The molecule has 37 heavy (non-hydrogen) atoms. The average Bonchev–Trinajstić information content (AvgIpc) is 3.30. The largest absolute Gasteiger partial charge is 0.496 e. The summed E-state index contributed by atoms with van der Waals surface area (Å²) in [6, 6.07) is 9.50. The van der Waals surface area contributed by atoms with Gasteiger partial charge in [-0.3, -0.25) is 15.1 Å². The number of fused-ring (bicyclic) bond motifs is 1. The number of methoxy groups -OCH3 is 1. The highest BCUT2D eigenvalue weighted by molar-refractivity contribution is 7.21. The number of nitrogens with one attached hydrogen (secondary N) is 1. The molecule has 4 heterocycles. The Bertz CT molecular complexity index is 1540. The number of piperidine rings is 1. The predicted molar refractivity (Wildman–Crippen MR) is 144 cm³/mol. The third kappa shape index (κ3) is 5.05. The van der Waals surface area contributed by atoms with Crippen molar-refractivity contribution in [3.8, 4) is 22.9 Å². The number of aromatic nitrogens is 4. The van der Waals surface area contributed by atoms with Crippen molar-refractivity contribution in [2.45, 2.75) is 26.7 Å². The van der Waals surface area contributed by atoms with Gasteiger partial charge >= 0.3 is 0 Å². The molecule has 0 radical (unpaired) electrons. The van der Waals surface area contributed by atoms with Gasteiger partial charge in [0.05, 0.1) is 30.4 Å². The Kier molecular flexibility index (Phi) is 6.67. The Morgan fingerprint density at radius 1 is 1.19 bits per heavy atom. The Morgan fingerprint density at radius 2 is 1.97 bits per heavy atom. The van der Waals surface area contributed by atoms with Gasteiger partial charge in [-0.15, -0.1) is 0 Å². The number of carbonyl (C=O) groups excluding carboxylic acids is 1. The van der Waals surface area contributed by atoms with Crippen molar-refractivity contribution >= 4 is 50.3 Å². The van der Waals surface area contributed by atoms with Crippen LogP contribution >= 0.6 is 22.9 Å². The monoisotopic (exact) mass is 533 g/mol. The number of carbonyl (C=O) groups is 1. The molecule has 0 atom stereocenters. The van der Waals surface area contributed by atoms with E-state index in [0.717, 1.165) is 37.4 Å². The molecule has 11 heteroatoms. The minimum absolute atomic E-state index is 0.297. The van der Waals surface area contributed by atoms with E-state index in [0.29, 0.717) is 43.1 Å². The minimum atomic E-state index is -0.365. The molecule has 3 aromatic heterocycles. The predicted octanol–water partition coefficient (Wildman–Crippen LogP) is 5.50. The van der Waals surface area contributed by atoms with Gasteiger partial charge in [0.25, 0.3) is 5.91 Å². The van der Waals surface area contributed by atoms with Gasteiger partial charge in [0.15, 0.2) is 15.6 Å². The van der Waals surface area contributed by atoms with Gasteiger partial charge < -0.3 is 9.64 Å². The van der Waals surface area contributed by atoms with Crippen molar-refractivity contribution < 1.29 is 9.53 Å². The lowest BCUT2D eigenvalue weighted by Gasteiger charge is -2.35. The molecule has 1 saturated heterocycles. The Morgan fingerprint density at radius 3 is 2.70 bits per heavy atom. The fourth-order valence-electron chi connectivity index (χ4n) is 4.28. The first-order valence-electron chi connectivity index (χ1n) is 11.7. The number of halogens is 1. The molecule has 0 unspecified atom stereocenters. The first-order chi connectivity index (χ1) is 17.8. The number of thiazole rings is 1. The molecule has 5 rings (SSSR count). The van der Waals surface area contributed by atoms with Crippen molar-refractivity contribution in [1.82, 2.24) is 19.9 Å². The molecule has 1 aliphatic rings. The number of aryl methyl sites for hydroxylation is 1. The first-order valence-corrected chi connectivity index (χ1v) is 12.9. The molecule has 0 bridgehead atoms. The van der Waals surface area contributed by atoms with Crippen LogP contribution < -0.4 is 15.0 Å². The summed E-state index contributed by atoms with van der Waals surface area (Å²) in [4.78, 5) is 34.1. The van der Waals surface area contributed by atoms with E-state index >= 15 is 0 Å². The van der Waals surface area contributed by atoms with E-state index in [4.69, 9.17) is 21.3 Å². The SMILES string of the molecule is COc1ccc(Cl)cc1-c1cc(C)ncc1C(=O)Nc1nc2ncc(N3CCC(C)(C#N)CC3)nc2s1. The molecule has 9 nitrogen and oxygen atoms in total. The molecule has 0 saturated carbocycles. The Balaban J connectivity index is 1.41. The summed E-state index contributed by atoms with van der Waals surface area (Å²) < 4.78 is 5.51. The van der Waals surface area contributed by atoms with Crippen LogP contribution in [0, 0.1) is 23.7 Å². The number of hydrogen-bond acceptors (Lipinski definition) is 9. The van der Waals surface area contributed by atoms with Crippen LogP contribution in [-0.2, 0) is 0 Å². The number of pyridine rings is 1. The van der Waals surface area contributed by atoms with Crippen LogP contribution in [0.1, 0.15) is 35.8 Å². The summed E-state index contributed by atoms with van der Waals surface area (Å²) in [5, 5.41) is 13.2. The van der Waals surface area contributed by atoms with E-state index in [1.807, 2.05) is 19.9 Å². The molecule has 0 spiro atoms. The van der Waals surface area contributed by atoms with Crippen LogP contribution in [0.25, 0.3) is 21.6 Å². The highest BCUT2D eigenvalue weighted by Gasteiger charge is 2.30. The zero-order valence-electron chi connectivity index (χ0n) is 20.6. The smallest absolute Gasteiger partial charge is 0.259 e. The zero-order chi connectivity index (χ0) is 26.2. The maximum atomic E-state index is 13.4. The van der Waals surface area contributed by atoms with Crippen molar-refractivity contribution in [2.75, 3.05) is 30.4 Å². The van der Waals surface area contributed by atoms with Crippen LogP contribution in [0.3, 0.4) is 0 Å². The van der Waals surface area contributed by atoms with Crippen LogP contribution in [0.4, 0.5) is 10.9 Å². The van der Waals surface area contributed by atoms with E-state index < -0.39 is 0 Å². The highest BCUT2D eigenvalue weighted by atomic mass is 35.5. The molecule has 1 aromatic carbocycles. The second-order valence-corrected chi connectivity index (χ2v) is 10.6. The molecule has 4 aromatic rings.